The highest BCUT2D eigenvalue weighted by Crippen LogP contribution is 2.41. The van der Waals surface area contributed by atoms with Crippen molar-refractivity contribution in [2.24, 2.45) is 0 Å². The predicted molar refractivity (Wildman–Crippen MR) is 80.1 cm³/mol. The molecular formula is C10H14Cl2N2O4S2. The molecule has 0 saturated carbocycles. The number of nitrogens with one attached hydrogen (secondary N) is 1. The first kappa shape index (κ1) is 17.6. The molecule has 1 aliphatic rings. The van der Waals surface area contributed by atoms with Crippen LogP contribution in [-0.2, 0) is 20.5 Å². The van der Waals surface area contributed by atoms with Crippen LogP contribution >= 0.6 is 35.0 Å². The molecule has 1 rings (SSSR count). The van der Waals surface area contributed by atoms with Crippen molar-refractivity contribution >= 4 is 57.7 Å². The summed E-state index contributed by atoms with van der Waals surface area (Å²) in [4.78, 5) is 23.1. The number of carbonyl (C=O) groups is 2. The zero-order valence-electron chi connectivity index (χ0n) is 10.6. The third-order valence-corrected chi connectivity index (χ3v) is 5.47. The van der Waals surface area contributed by atoms with Crippen LogP contribution in [0, 0.1) is 0 Å². The maximum absolute atomic E-state index is 11.8. The molecule has 0 spiro atoms. The van der Waals surface area contributed by atoms with Gasteiger partial charge in [0.15, 0.2) is 0 Å². The summed E-state index contributed by atoms with van der Waals surface area (Å²) >= 11 is 12.8. The van der Waals surface area contributed by atoms with E-state index in [-0.39, 0.29) is 17.6 Å². The maximum Gasteiger partial charge on any atom is 0.235 e. The van der Waals surface area contributed by atoms with Crippen molar-refractivity contribution in [3.05, 3.63) is 9.40 Å². The van der Waals surface area contributed by atoms with Crippen LogP contribution in [0.1, 0.15) is 19.3 Å². The predicted octanol–water partition coefficient (Wildman–Crippen LogP) is 1.02. The van der Waals surface area contributed by atoms with E-state index in [1.807, 2.05) is 0 Å². The van der Waals surface area contributed by atoms with Crippen LogP contribution in [0.15, 0.2) is 9.40 Å². The fourth-order valence-electron chi connectivity index (χ4n) is 1.44. The van der Waals surface area contributed by atoms with Crippen molar-refractivity contribution in [2.45, 2.75) is 24.5 Å². The zero-order valence-corrected chi connectivity index (χ0v) is 13.8. The van der Waals surface area contributed by atoms with E-state index < -0.39 is 16.8 Å². The van der Waals surface area contributed by atoms with Crippen LogP contribution < -0.4 is 5.32 Å². The summed E-state index contributed by atoms with van der Waals surface area (Å²) in [5.41, 5.74) is 0. The van der Waals surface area contributed by atoms with Crippen molar-refractivity contribution in [1.82, 2.24) is 9.62 Å². The first-order valence-electron chi connectivity index (χ1n) is 5.72. The minimum absolute atomic E-state index is 0.0532. The number of carbonyl (C=O) groups excluding carboxylic acids is 2. The molecule has 0 aromatic rings. The molecule has 0 fully saturated rings. The van der Waals surface area contributed by atoms with Gasteiger partial charge in [-0.05, 0) is 6.42 Å². The van der Waals surface area contributed by atoms with E-state index in [4.69, 9.17) is 23.2 Å². The van der Waals surface area contributed by atoms with E-state index in [9.17, 15) is 18.0 Å². The van der Waals surface area contributed by atoms with Gasteiger partial charge in [-0.25, -0.2) is 12.7 Å². The lowest BCUT2D eigenvalue weighted by Gasteiger charge is -2.11. The molecule has 114 valence electrons. The van der Waals surface area contributed by atoms with Crippen LogP contribution in [0.5, 0.6) is 0 Å². The lowest BCUT2D eigenvalue weighted by molar-refractivity contribution is -0.126. The van der Waals surface area contributed by atoms with E-state index in [1.54, 1.807) is 0 Å². The van der Waals surface area contributed by atoms with E-state index in [2.05, 4.69) is 5.32 Å². The molecule has 10 heteroatoms. The summed E-state index contributed by atoms with van der Waals surface area (Å²) in [6, 6.07) is 0. The summed E-state index contributed by atoms with van der Waals surface area (Å²) in [7, 11) is -1.70. The Morgan fingerprint density at radius 2 is 2.10 bits per heavy atom. The highest BCUT2D eigenvalue weighted by Gasteiger charge is 2.28. The molecule has 0 saturated heterocycles. The fourth-order valence-corrected chi connectivity index (χ4v) is 3.40. The highest BCUT2D eigenvalue weighted by atomic mass is 35.5. The van der Waals surface area contributed by atoms with Gasteiger partial charge in [-0.3, -0.25) is 9.59 Å². The molecule has 2 amide bonds. The van der Waals surface area contributed by atoms with Crippen LogP contribution in [0.25, 0.3) is 0 Å². The zero-order chi connectivity index (χ0) is 15.3. The molecule has 0 aromatic carbocycles. The molecule has 0 aliphatic carbocycles. The average molecular weight is 361 g/mol. The third kappa shape index (κ3) is 5.16. The summed E-state index contributed by atoms with van der Waals surface area (Å²) in [6.07, 6.45) is 0.817. The monoisotopic (exact) mass is 360 g/mol. The van der Waals surface area contributed by atoms with Crippen molar-refractivity contribution in [3.8, 4) is 0 Å². The Kier molecular flexibility index (Phi) is 7.14. The fraction of sp³-hybridized carbons (Fsp3) is 0.600. The minimum Gasteiger partial charge on any atom is -0.355 e. The second-order valence-electron chi connectivity index (χ2n) is 4.04. The topological polar surface area (TPSA) is 83.6 Å². The summed E-state index contributed by atoms with van der Waals surface area (Å²) in [5.74, 6) is -0.696. The molecule has 1 unspecified atom stereocenters. The Hall–Kier alpha value is -0.440. The quantitative estimate of drug-likeness (QED) is 0.545. The van der Waals surface area contributed by atoms with Gasteiger partial charge in [0, 0.05) is 31.5 Å². The second kappa shape index (κ2) is 8.11. The minimum atomic E-state index is -2.89. The number of allylic oxidation sites excluding steroid dienone is 1. The van der Waals surface area contributed by atoms with Crippen molar-refractivity contribution in [3.63, 3.8) is 0 Å². The van der Waals surface area contributed by atoms with Crippen LogP contribution in [-0.4, -0.2) is 43.4 Å². The molecule has 1 aliphatic heterocycles. The smallest absolute Gasteiger partial charge is 0.235 e. The van der Waals surface area contributed by atoms with Crippen LogP contribution in [0.2, 0.25) is 0 Å². The third-order valence-electron chi connectivity index (χ3n) is 2.59. The van der Waals surface area contributed by atoms with Gasteiger partial charge in [0.05, 0.1) is 9.61 Å². The van der Waals surface area contributed by atoms with Crippen molar-refractivity contribution in [1.29, 1.82) is 0 Å². The molecule has 0 bridgehead atoms. The van der Waals surface area contributed by atoms with Gasteiger partial charge in [-0.15, -0.1) is 0 Å². The first-order valence-corrected chi connectivity index (χ1v) is 8.49. The Morgan fingerprint density at radius 3 is 2.60 bits per heavy atom. The van der Waals surface area contributed by atoms with Gasteiger partial charge in [0.25, 0.3) is 0 Å². The SMILES string of the molecule is CN(C(=O)CCCNC(=O)C1CC(Cl)=C(Cl)S1)[SH](=O)=O. The molecule has 1 N–H and O–H groups in total. The Bertz CT molecular complexity index is 485. The van der Waals surface area contributed by atoms with Crippen LogP contribution in [0.3, 0.4) is 0 Å². The Balaban J connectivity index is 2.22. The molecular weight excluding hydrogens is 347 g/mol. The van der Waals surface area contributed by atoms with E-state index in [0.29, 0.717) is 33.1 Å². The number of halogens is 2. The summed E-state index contributed by atoms with van der Waals surface area (Å²) < 4.78 is 22.2. The lowest BCUT2D eigenvalue weighted by Crippen LogP contribution is -2.33. The van der Waals surface area contributed by atoms with E-state index in [0.717, 1.165) is 0 Å². The summed E-state index contributed by atoms with van der Waals surface area (Å²) in [6.45, 7) is 0.292. The van der Waals surface area contributed by atoms with Crippen LogP contribution in [0.4, 0.5) is 0 Å². The normalized spacial score (nSPS) is 18.5. The molecule has 1 atom stereocenters. The molecule has 1 heterocycles. The molecule has 0 radical (unpaired) electrons. The standard InChI is InChI=1S/C10H14Cl2N2O4S2/c1-14(20(17)18)8(15)3-2-4-13-10(16)7-5-6(11)9(12)19-7/h7,20H,2-5H2,1H3,(H,13,16). The summed E-state index contributed by atoms with van der Waals surface area (Å²) in [5, 5.41) is 2.80. The number of hydrogen-bond donors (Lipinski definition) is 2. The van der Waals surface area contributed by atoms with Gasteiger partial charge in [-0.2, -0.15) is 0 Å². The maximum atomic E-state index is 11.8. The Morgan fingerprint density at radius 1 is 1.45 bits per heavy atom. The van der Waals surface area contributed by atoms with E-state index >= 15 is 0 Å². The van der Waals surface area contributed by atoms with Gasteiger partial charge in [0.2, 0.25) is 22.7 Å². The molecule has 0 aromatic heterocycles. The van der Waals surface area contributed by atoms with Crippen molar-refractivity contribution in [2.75, 3.05) is 13.6 Å². The average Bonchev–Trinajstić information content (AvgIpc) is 2.73. The number of amides is 2. The Labute approximate surface area is 132 Å². The second-order valence-corrected chi connectivity index (χ2v) is 7.39. The first-order chi connectivity index (χ1) is 9.32. The molecule has 6 nitrogen and oxygen atoms in total. The largest absolute Gasteiger partial charge is 0.355 e. The van der Waals surface area contributed by atoms with Crippen molar-refractivity contribution < 1.29 is 18.0 Å². The lowest BCUT2D eigenvalue weighted by atomic mass is 10.2. The van der Waals surface area contributed by atoms with Gasteiger partial charge in [-0.1, -0.05) is 35.0 Å². The number of thiol groups is 1. The van der Waals surface area contributed by atoms with E-state index in [1.165, 1.54) is 18.8 Å². The van der Waals surface area contributed by atoms with Gasteiger partial charge in [0.1, 0.15) is 0 Å². The van der Waals surface area contributed by atoms with Gasteiger partial charge < -0.3 is 5.32 Å². The number of hydrogen-bond acceptors (Lipinski definition) is 5. The number of thioether (sulfide) groups is 1. The van der Waals surface area contributed by atoms with Gasteiger partial charge >= 0.3 is 0 Å². The molecule has 20 heavy (non-hydrogen) atoms. The highest BCUT2D eigenvalue weighted by molar-refractivity contribution is 8.06. The number of rotatable bonds is 6. The number of nitrogens with zero attached hydrogens (tertiary/aromatic N) is 1.